The standard InChI is InChI=1S/C16H22N2O6/c1-10-6-12-13(24-9-23-12)7-11(10)17-15(19)18-14-8-22-5-4-16(14,20-2)21-3/h6-7,14H,4-5,8-9H2,1-3H3,(H2,17,18,19). The molecule has 1 aromatic carbocycles. The van der Waals surface area contributed by atoms with Gasteiger partial charge in [-0.1, -0.05) is 0 Å². The fourth-order valence-electron chi connectivity index (χ4n) is 2.94. The highest BCUT2D eigenvalue weighted by Gasteiger charge is 2.43. The Morgan fingerprint density at radius 3 is 2.67 bits per heavy atom. The van der Waals surface area contributed by atoms with Gasteiger partial charge in [-0.2, -0.15) is 0 Å². The topological polar surface area (TPSA) is 87.3 Å². The predicted octanol–water partition coefficient (Wildman–Crippen LogP) is 1.62. The van der Waals surface area contributed by atoms with E-state index in [1.54, 1.807) is 20.3 Å². The normalized spacial score (nSPS) is 21.4. The minimum atomic E-state index is -0.889. The lowest BCUT2D eigenvalue weighted by molar-refractivity contribution is -0.256. The molecule has 8 nitrogen and oxygen atoms in total. The Morgan fingerprint density at radius 1 is 1.25 bits per heavy atom. The summed E-state index contributed by atoms with van der Waals surface area (Å²) in [7, 11) is 3.12. The Balaban J connectivity index is 1.69. The molecule has 1 fully saturated rings. The number of anilines is 1. The fourth-order valence-corrected chi connectivity index (χ4v) is 2.94. The molecule has 132 valence electrons. The first kappa shape index (κ1) is 16.8. The quantitative estimate of drug-likeness (QED) is 0.811. The van der Waals surface area contributed by atoms with E-state index in [1.165, 1.54) is 0 Å². The number of methoxy groups -OCH3 is 2. The number of benzene rings is 1. The Hall–Kier alpha value is -2.03. The van der Waals surface area contributed by atoms with Crippen LogP contribution in [0.5, 0.6) is 11.5 Å². The number of amides is 2. The van der Waals surface area contributed by atoms with Gasteiger partial charge in [0, 0.05) is 32.4 Å². The van der Waals surface area contributed by atoms with Crippen LogP contribution in [0.3, 0.4) is 0 Å². The lowest BCUT2D eigenvalue weighted by Gasteiger charge is -2.41. The molecule has 8 heteroatoms. The van der Waals surface area contributed by atoms with Crippen molar-refractivity contribution >= 4 is 11.7 Å². The third-order valence-corrected chi connectivity index (χ3v) is 4.37. The molecule has 2 heterocycles. The Labute approximate surface area is 140 Å². The van der Waals surface area contributed by atoms with Gasteiger partial charge in [0.25, 0.3) is 0 Å². The van der Waals surface area contributed by atoms with E-state index in [2.05, 4.69) is 10.6 Å². The maximum absolute atomic E-state index is 12.4. The van der Waals surface area contributed by atoms with Crippen LogP contribution in [0.2, 0.25) is 0 Å². The SMILES string of the molecule is COC1(OC)CCOCC1NC(=O)Nc1cc2c(cc1C)OCO2. The molecular formula is C16H22N2O6. The number of carbonyl (C=O) groups is 1. The smallest absolute Gasteiger partial charge is 0.319 e. The minimum Gasteiger partial charge on any atom is -0.454 e. The van der Waals surface area contributed by atoms with Gasteiger partial charge in [-0.3, -0.25) is 0 Å². The highest BCUT2D eigenvalue weighted by atomic mass is 16.7. The molecule has 3 rings (SSSR count). The van der Waals surface area contributed by atoms with Gasteiger partial charge in [0.05, 0.1) is 13.2 Å². The predicted molar refractivity (Wildman–Crippen MR) is 85.4 cm³/mol. The van der Waals surface area contributed by atoms with Crippen LogP contribution in [0, 0.1) is 6.92 Å². The number of hydrogen-bond donors (Lipinski definition) is 2. The molecule has 0 bridgehead atoms. The number of ether oxygens (including phenoxy) is 5. The van der Waals surface area contributed by atoms with E-state index in [-0.39, 0.29) is 12.8 Å². The second-order valence-corrected chi connectivity index (χ2v) is 5.72. The van der Waals surface area contributed by atoms with E-state index in [9.17, 15) is 4.79 Å². The zero-order chi connectivity index (χ0) is 17.2. The number of carbonyl (C=O) groups excluding carboxylic acids is 1. The van der Waals surface area contributed by atoms with Crippen molar-refractivity contribution in [1.82, 2.24) is 5.32 Å². The summed E-state index contributed by atoms with van der Waals surface area (Å²) in [5, 5.41) is 5.68. The number of rotatable bonds is 4. The van der Waals surface area contributed by atoms with Gasteiger partial charge in [0.2, 0.25) is 6.79 Å². The van der Waals surface area contributed by atoms with E-state index in [1.807, 2.05) is 13.0 Å². The summed E-state index contributed by atoms with van der Waals surface area (Å²) in [5.41, 5.74) is 1.52. The number of aryl methyl sites for hydroxylation is 1. The highest BCUT2D eigenvalue weighted by molar-refractivity contribution is 5.91. The van der Waals surface area contributed by atoms with Crippen molar-refractivity contribution in [2.45, 2.75) is 25.2 Å². The molecule has 0 aromatic heterocycles. The van der Waals surface area contributed by atoms with E-state index < -0.39 is 11.8 Å². The van der Waals surface area contributed by atoms with Crippen LogP contribution < -0.4 is 20.1 Å². The van der Waals surface area contributed by atoms with Crippen molar-refractivity contribution in [3.8, 4) is 11.5 Å². The third kappa shape index (κ3) is 3.12. The summed E-state index contributed by atoms with van der Waals surface area (Å²) in [5.74, 6) is 0.399. The van der Waals surface area contributed by atoms with Crippen molar-refractivity contribution in [3.05, 3.63) is 17.7 Å². The zero-order valence-corrected chi connectivity index (χ0v) is 14.0. The van der Waals surface area contributed by atoms with Gasteiger partial charge in [-0.25, -0.2) is 4.79 Å². The first-order chi connectivity index (χ1) is 11.6. The minimum absolute atomic E-state index is 0.189. The van der Waals surface area contributed by atoms with Crippen molar-refractivity contribution < 1.29 is 28.5 Å². The monoisotopic (exact) mass is 338 g/mol. The molecule has 0 radical (unpaired) electrons. The lowest BCUT2D eigenvalue weighted by atomic mass is 10.0. The van der Waals surface area contributed by atoms with Crippen LogP contribution >= 0.6 is 0 Å². The molecule has 2 aliphatic rings. The van der Waals surface area contributed by atoms with Crippen molar-refractivity contribution in [3.63, 3.8) is 0 Å². The van der Waals surface area contributed by atoms with Gasteiger partial charge < -0.3 is 34.3 Å². The summed E-state index contributed by atoms with van der Waals surface area (Å²) in [6.07, 6.45) is 0.536. The van der Waals surface area contributed by atoms with Gasteiger partial charge >= 0.3 is 6.03 Å². The number of fused-ring (bicyclic) bond motifs is 1. The molecule has 1 atom stereocenters. The summed E-state index contributed by atoms with van der Waals surface area (Å²) in [4.78, 5) is 12.4. The summed E-state index contributed by atoms with van der Waals surface area (Å²) >= 11 is 0. The molecule has 1 unspecified atom stereocenters. The highest BCUT2D eigenvalue weighted by Crippen LogP contribution is 2.36. The van der Waals surface area contributed by atoms with E-state index in [0.717, 1.165) is 5.56 Å². The first-order valence-corrected chi connectivity index (χ1v) is 7.74. The average molecular weight is 338 g/mol. The molecule has 0 spiro atoms. The van der Waals surface area contributed by atoms with Crippen LogP contribution in [0.1, 0.15) is 12.0 Å². The number of nitrogens with one attached hydrogen (secondary N) is 2. The van der Waals surface area contributed by atoms with Crippen LogP contribution in [0.4, 0.5) is 10.5 Å². The van der Waals surface area contributed by atoms with Crippen LogP contribution in [-0.4, -0.2) is 52.1 Å². The Bertz CT molecular complexity index is 617. The first-order valence-electron chi connectivity index (χ1n) is 7.74. The Kier molecular flexibility index (Phi) is 4.79. The molecule has 2 N–H and O–H groups in total. The van der Waals surface area contributed by atoms with E-state index >= 15 is 0 Å². The van der Waals surface area contributed by atoms with E-state index in [0.29, 0.717) is 36.8 Å². The van der Waals surface area contributed by atoms with Gasteiger partial charge in [-0.05, 0) is 18.6 Å². The molecule has 24 heavy (non-hydrogen) atoms. The van der Waals surface area contributed by atoms with Crippen molar-refractivity contribution in [2.24, 2.45) is 0 Å². The molecule has 0 saturated carbocycles. The fraction of sp³-hybridized carbons (Fsp3) is 0.562. The molecule has 2 aliphatic heterocycles. The largest absolute Gasteiger partial charge is 0.454 e. The van der Waals surface area contributed by atoms with Crippen molar-refractivity contribution in [1.29, 1.82) is 0 Å². The maximum atomic E-state index is 12.4. The van der Waals surface area contributed by atoms with E-state index in [4.69, 9.17) is 23.7 Å². The molecule has 1 aromatic rings. The van der Waals surface area contributed by atoms with Gasteiger partial charge in [-0.15, -0.1) is 0 Å². The summed E-state index contributed by atoms with van der Waals surface area (Å²) in [6, 6.07) is 2.78. The van der Waals surface area contributed by atoms with Crippen LogP contribution in [0.15, 0.2) is 12.1 Å². The molecule has 1 saturated heterocycles. The van der Waals surface area contributed by atoms with Gasteiger partial charge in [0.1, 0.15) is 6.04 Å². The zero-order valence-electron chi connectivity index (χ0n) is 14.0. The molecule has 0 aliphatic carbocycles. The lowest BCUT2D eigenvalue weighted by Crippen LogP contribution is -2.60. The van der Waals surface area contributed by atoms with Crippen LogP contribution in [0.25, 0.3) is 0 Å². The molecule has 2 amide bonds. The Morgan fingerprint density at radius 2 is 1.96 bits per heavy atom. The van der Waals surface area contributed by atoms with Crippen LogP contribution in [-0.2, 0) is 14.2 Å². The maximum Gasteiger partial charge on any atom is 0.319 e. The average Bonchev–Trinajstić information content (AvgIpc) is 3.03. The second kappa shape index (κ2) is 6.84. The summed E-state index contributed by atoms with van der Waals surface area (Å²) < 4.78 is 27.1. The number of hydrogen-bond acceptors (Lipinski definition) is 6. The summed E-state index contributed by atoms with van der Waals surface area (Å²) in [6.45, 7) is 2.90. The van der Waals surface area contributed by atoms with Crippen molar-refractivity contribution in [2.75, 3.05) is 39.5 Å². The second-order valence-electron chi connectivity index (χ2n) is 5.72. The third-order valence-electron chi connectivity index (χ3n) is 4.37. The van der Waals surface area contributed by atoms with Gasteiger partial charge in [0.15, 0.2) is 17.3 Å². The number of urea groups is 1. The molecular weight excluding hydrogens is 316 g/mol.